The zero-order chi connectivity index (χ0) is 63.0. The number of carboxylic acids is 4. The van der Waals surface area contributed by atoms with E-state index in [-0.39, 0.29) is 21.7 Å². The van der Waals surface area contributed by atoms with Gasteiger partial charge in [0, 0.05) is 0 Å². The number of carbonyl (C=O) groups is 4. The predicted molar refractivity (Wildman–Crippen MR) is 344 cm³/mol. The van der Waals surface area contributed by atoms with E-state index in [1.165, 1.54) is 283 Å². The molecular formula is C72H140O12Ti. The first-order valence-electron chi connectivity index (χ1n) is 36.3. The molecule has 4 unspecified atom stereocenters. The molecule has 0 spiro atoms. The van der Waals surface area contributed by atoms with E-state index in [1.54, 1.807) is 0 Å². The normalized spacial score (nSPS) is 12.3. The Morgan fingerprint density at radius 1 is 0.200 bits per heavy atom. The van der Waals surface area contributed by atoms with Gasteiger partial charge in [-0.05, 0) is 25.7 Å². The van der Waals surface area contributed by atoms with Gasteiger partial charge in [-0.1, -0.05) is 387 Å². The van der Waals surface area contributed by atoms with Crippen LogP contribution in [0.1, 0.15) is 413 Å². The first-order valence-corrected chi connectivity index (χ1v) is 36.3. The minimum absolute atomic E-state index is 0. The summed E-state index contributed by atoms with van der Waals surface area (Å²) in [6.45, 7) is 9.02. The zero-order valence-electron chi connectivity index (χ0n) is 56.3. The summed E-state index contributed by atoms with van der Waals surface area (Å²) >= 11 is 0. The molecule has 4 N–H and O–H groups in total. The fraction of sp³-hybridized carbons (Fsp3) is 0.944. The molecule has 0 saturated carbocycles. The van der Waals surface area contributed by atoms with Crippen molar-refractivity contribution in [2.24, 2.45) is 0 Å². The van der Waals surface area contributed by atoms with Gasteiger partial charge in [0.05, 0.1) is 48.3 Å². The standard InChI is InChI=1S/4C18H36O3.Ti/c4*1-2-3-4-5-6-7-8-9-10-11-12-13-14-15-16-17(19)18(20)21;/h4*17,19H,2-16H2,1H3,(H,20,21);/q;;;;+4/p-4. The molecule has 0 aromatic carbocycles. The maximum absolute atomic E-state index is 10.3. The van der Waals surface area contributed by atoms with Crippen LogP contribution in [-0.2, 0) is 40.9 Å². The predicted octanol–water partition coefficient (Wildman–Crippen LogP) is 15.9. The van der Waals surface area contributed by atoms with Gasteiger partial charge in [0.1, 0.15) is 0 Å². The maximum atomic E-state index is 10.3. The van der Waals surface area contributed by atoms with E-state index in [4.69, 9.17) is 20.4 Å². The molecule has 4 atom stereocenters. The molecule has 13 heteroatoms. The molecule has 0 saturated heterocycles. The van der Waals surface area contributed by atoms with E-state index < -0.39 is 48.3 Å². The van der Waals surface area contributed by atoms with Crippen molar-refractivity contribution in [3.63, 3.8) is 0 Å². The monoisotopic (exact) mass is 1240 g/mol. The zero-order valence-corrected chi connectivity index (χ0v) is 57.9. The Bertz CT molecular complexity index is 1110. The molecule has 0 aromatic rings. The fourth-order valence-electron chi connectivity index (χ4n) is 10.6. The number of carbonyl (C=O) groups excluding carboxylic acids is 4. The molecule has 0 aliphatic carbocycles. The van der Waals surface area contributed by atoms with E-state index in [2.05, 4.69) is 27.7 Å². The summed E-state index contributed by atoms with van der Waals surface area (Å²) in [5, 5.41) is 77.4. The minimum Gasteiger partial charge on any atom is -0.547 e. The van der Waals surface area contributed by atoms with Crippen molar-refractivity contribution in [3.05, 3.63) is 0 Å². The Morgan fingerprint density at radius 3 is 0.365 bits per heavy atom. The molecule has 0 rings (SSSR count). The third-order valence-electron chi connectivity index (χ3n) is 16.4. The van der Waals surface area contributed by atoms with Crippen molar-refractivity contribution in [1.29, 1.82) is 0 Å². The molecular weight excluding hydrogens is 1100 g/mol. The third-order valence-corrected chi connectivity index (χ3v) is 16.4. The van der Waals surface area contributed by atoms with Gasteiger partial charge in [0.15, 0.2) is 0 Å². The van der Waals surface area contributed by atoms with Gasteiger partial charge in [-0.25, -0.2) is 0 Å². The molecule has 0 fully saturated rings. The topological polar surface area (TPSA) is 241 Å². The van der Waals surface area contributed by atoms with Crippen LogP contribution in [0.4, 0.5) is 0 Å². The van der Waals surface area contributed by atoms with Gasteiger partial charge in [-0.15, -0.1) is 0 Å². The fourth-order valence-corrected chi connectivity index (χ4v) is 10.6. The van der Waals surface area contributed by atoms with E-state index in [1.807, 2.05) is 0 Å². The number of aliphatic hydroxyl groups is 4. The van der Waals surface area contributed by atoms with Crippen molar-refractivity contribution >= 4 is 23.9 Å². The van der Waals surface area contributed by atoms with Gasteiger partial charge in [0.25, 0.3) is 0 Å². The van der Waals surface area contributed by atoms with Gasteiger partial charge in [-0.2, -0.15) is 0 Å². The number of rotatable bonds is 64. The van der Waals surface area contributed by atoms with Crippen LogP contribution in [0, 0.1) is 0 Å². The molecule has 0 aliphatic heterocycles. The maximum Gasteiger partial charge on any atom is 4.00 e. The van der Waals surface area contributed by atoms with Crippen molar-refractivity contribution in [1.82, 2.24) is 0 Å². The molecule has 0 heterocycles. The second-order valence-corrected chi connectivity index (χ2v) is 24.9. The molecule has 0 bridgehead atoms. The van der Waals surface area contributed by atoms with Gasteiger partial charge in [0.2, 0.25) is 0 Å². The molecule has 0 amide bonds. The first-order chi connectivity index (χ1) is 40.7. The molecule has 0 aliphatic rings. The Balaban J connectivity index is -0.000000333. The summed E-state index contributed by atoms with van der Waals surface area (Å²) in [7, 11) is 0. The number of hydrogen-bond acceptors (Lipinski definition) is 12. The smallest absolute Gasteiger partial charge is 0.547 e. The molecule has 0 radical (unpaired) electrons. The average molecular weight is 1250 g/mol. The van der Waals surface area contributed by atoms with Gasteiger partial charge < -0.3 is 60.0 Å². The number of carboxylic acid groups (broad SMARTS) is 4. The number of aliphatic carboxylic acids is 4. The van der Waals surface area contributed by atoms with Crippen LogP contribution in [0.2, 0.25) is 0 Å². The van der Waals surface area contributed by atoms with Crippen LogP contribution in [-0.4, -0.2) is 68.7 Å². The Kier molecular flexibility index (Phi) is 87.2. The second kappa shape index (κ2) is 80.4. The summed E-state index contributed by atoms with van der Waals surface area (Å²) in [5.41, 5.74) is 0. The SMILES string of the molecule is CCCCCCCCCCCCCCCCC(O)C(=O)[O-].CCCCCCCCCCCCCCCCC(O)C(=O)[O-].CCCCCCCCCCCCCCCCC(O)C(=O)[O-].CCCCCCCCCCCCCCCCC(O)C(=O)[O-].[Ti+4]. The summed E-state index contributed by atoms with van der Waals surface area (Å²) in [6.07, 6.45) is 67.7. The van der Waals surface area contributed by atoms with Crippen LogP contribution < -0.4 is 20.4 Å². The summed E-state index contributed by atoms with van der Waals surface area (Å²) in [6, 6.07) is 0. The number of hydrogen-bond donors (Lipinski definition) is 4. The minimum atomic E-state index is -1.34. The third kappa shape index (κ3) is 86.7. The van der Waals surface area contributed by atoms with Crippen molar-refractivity contribution in [3.8, 4) is 0 Å². The number of unbranched alkanes of at least 4 members (excludes halogenated alkanes) is 52. The van der Waals surface area contributed by atoms with E-state index in [9.17, 15) is 39.6 Å². The van der Waals surface area contributed by atoms with Crippen LogP contribution >= 0.6 is 0 Å². The van der Waals surface area contributed by atoms with Crippen molar-refractivity contribution in [2.75, 3.05) is 0 Å². The second-order valence-electron chi connectivity index (χ2n) is 24.9. The average Bonchev–Trinajstić information content (AvgIpc) is 3.47. The largest absolute Gasteiger partial charge is 4.00 e. The van der Waals surface area contributed by atoms with Gasteiger partial charge >= 0.3 is 21.7 Å². The van der Waals surface area contributed by atoms with Crippen LogP contribution in [0.25, 0.3) is 0 Å². The summed E-state index contributed by atoms with van der Waals surface area (Å²) in [4.78, 5) is 41.2. The molecule has 85 heavy (non-hydrogen) atoms. The molecule has 504 valence electrons. The van der Waals surface area contributed by atoms with E-state index in [0.29, 0.717) is 25.7 Å². The number of aliphatic hydroxyl groups excluding tert-OH is 4. The quantitative estimate of drug-likeness (QED) is 0.0328. The first kappa shape index (κ1) is 92.2. The van der Waals surface area contributed by atoms with Crippen LogP contribution in [0.15, 0.2) is 0 Å². The summed E-state index contributed by atoms with van der Waals surface area (Å²) < 4.78 is 0. The van der Waals surface area contributed by atoms with Crippen LogP contribution in [0.3, 0.4) is 0 Å². The Labute approximate surface area is 540 Å². The molecule has 12 nitrogen and oxygen atoms in total. The van der Waals surface area contributed by atoms with Crippen LogP contribution in [0.5, 0.6) is 0 Å². The summed E-state index contributed by atoms with van der Waals surface area (Å²) in [5.74, 6) is -5.37. The van der Waals surface area contributed by atoms with E-state index in [0.717, 1.165) is 77.0 Å². The molecule has 0 aromatic heterocycles. The Morgan fingerprint density at radius 2 is 0.282 bits per heavy atom. The van der Waals surface area contributed by atoms with E-state index >= 15 is 0 Å². The van der Waals surface area contributed by atoms with Crippen molar-refractivity contribution < 1.29 is 81.7 Å². The van der Waals surface area contributed by atoms with Crippen molar-refractivity contribution in [2.45, 2.75) is 437 Å². The Hall–Kier alpha value is -1.57. The van der Waals surface area contributed by atoms with Gasteiger partial charge in [-0.3, -0.25) is 0 Å².